The molecular weight excluding hydrogens is 236 g/mol. The van der Waals surface area contributed by atoms with Gasteiger partial charge in [-0.3, -0.25) is 4.90 Å². The van der Waals surface area contributed by atoms with Gasteiger partial charge in [0.05, 0.1) is 5.69 Å². The minimum Gasteiger partial charge on any atom is -0.444 e. The van der Waals surface area contributed by atoms with E-state index in [2.05, 4.69) is 5.16 Å². The van der Waals surface area contributed by atoms with Gasteiger partial charge in [-0.1, -0.05) is 5.16 Å². The highest BCUT2D eigenvalue weighted by molar-refractivity contribution is 5.74. The van der Waals surface area contributed by atoms with Crippen LogP contribution < -0.4 is 0 Å². The first-order valence-corrected chi connectivity index (χ1v) is 5.59. The topological polar surface area (TPSA) is 72.6 Å². The summed E-state index contributed by atoms with van der Waals surface area (Å²) in [7, 11) is 1.48. The Morgan fingerprint density at radius 2 is 2.17 bits per heavy atom. The first-order chi connectivity index (χ1) is 8.24. The van der Waals surface area contributed by atoms with E-state index in [-0.39, 0.29) is 0 Å². The molecule has 0 saturated heterocycles. The van der Waals surface area contributed by atoms with E-state index in [0.717, 1.165) is 0 Å². The summed E-state index contributed by atoms with van der Waals surface area (Å²) < 4.78 is 10.2. The van der Waals surface area contributed by atoms with Crippen molar-refractivity contribution in [3.8, 4) is 0 Å². The highest BCUT2D eigenvalue weighted by Crippen LogP contribution is 2.20. The molecule has 100 valence electrons. The molecule has 6 nitrogen and oxygen atoms in total. The summed E-state index contributed by atoms with van der Waals surface area (Å²) in [4.78, 5) is 24.1. The fraction of sp³-hybridized carbons (Fsp3) is 0.583. The Kier molecular flexibility index (Phi) is 4.11. The first kappa shape index (κ1) is 14.2. The van der Waals surface area contributed by atoms with E-state index in [1.165, 1.54) is 11.9 Å². The van der Waals surface area contributed by atoms with Crippen molar-refractivity contribution in [2.45, 2.75) is 39.3 Å². The summed E-state index contributed by atoms with van der Waals surface area (Å²) in [5.41, 5.74) is 0.0327. The Morgan fingerprint density at radius 3 is 2.56 bits per heavy atom. The third kappa shape index (κ3) is 3.58. The van der Waals surface area contributed by atoms with Crippen molar-refractivity contribution in [3.63, 3.8) is 0 Å². The van der Waals surface area contributed by atoms with Crippen LogP contribution in [0.2, 0.25) is 0 Å². The van der Waals surface area contributed by atoms with Crippen LogP contribution in [0.4, 0.5) is 4.79 Å². The van der Waals surface area contributed by atoms with Crippen molar-refractivity contribution in [2.24, 2.45) is 0 Å². The van der Waals surface area contributed by atoms with Gasteiger partial charge in [-0.2, -0.15) is 0 Å². The molecule has 1 rings (SSSR count). The van der Waals surface area contributed by atoms with Gasteiger partial charge < -0.3 is 14.1 Å². The van der Waals surface area contributed by atoms with Gasteiger partial charge in [0.2, 0.25) is 0 Å². The Morgan fingerprint density at radius 1 is 1.56 bits per heavy atom. The van der Waals surface area contributed by atoms with E-state index in [1.54, 1.807) is 33.8 Å². The second-order valence-electron chi connectivity index (χ2n) is 5.04. The minimum atomic E-state index is -0.832. The molecule has 1 unspecified atom stereocenters. The van der Waals surface area contributed by atoms with Crippen LogP contribution >= 0.6 is 0 Å². The van der Waals surface area contributed by atoms with Gasteiger partial charge in [0.15, 0.2) is 18.1 Å². The maximum atomic E-state index is 11.8. The standard InChI is InChI=1S/C12H18N2O4/c1-8-6-10(18-13-8)9(7-15)14(5)11(16)17-12(2,3)4/h6-7,9H,1-5H3. The predicted octanol–water partition coefficient (Wildman–Crippen LogP) is 2.09. The molecule has 0 spiro atoms. The minimum absolute atomic E-state index is 0.316. The third-order valence-electron chi connectivity index (χ3n) is 2.17. The lowest BCUT2D eigenvalue weighted by Gasteiger charge is -2.26. The van der Waals surface area contributed by atoms with Crippen molar-refractivity contribution in [1.29, 1.82) is 0 Å². The van der Waals surface area contributed by atoms with E-state index in [1.807, 2.05) is 0 Å². The van der Waals surface area contributed by atoms with Crippen LogP contribution in [0, 0.1) is 6.92 Å². The highest BCUT2D eigenvalue weighted by atomic mass is 16.6. The van der Waals surface area contributed by atoms with Crippen molar-refractivity contribution >= 4 is 12.4 Å². The summed E-state index contributed by atoms with van der Waals surface area (Å²) in [6, 6.07) is 0.779. The molecule has 0 aromatic carbocycles. The van der Waals surface area contributed by atoms with Crippen molar-refractivity contribution < 1.29 is 18.8 Å². The number of aromatic nitrogens is 1. The number of ether oxygens (including phenoxy) is 1. The van der Waals surface area contributed by atoms with Crippen LogP contribution in [0.5, 0.6) is 0 Å². The number of rotatable bonds is 3. The fourth-order valence-corrected chi connectivity index (χ4v) is 1.32. The Labute approximate surface area is 106 Å². The monoisotopic (exact) mass is 254 g/mol. The SMILES string of the molecule is Cc1cc(C(C=O)N(C)C(=O)OC(C)(C)C)on1. The van der Waals surface area contributed by atoms with Gasteiger partial charge in [0, 0.05) is 13.1 Å². The molecule has 0 aliphatic carbocycles. The molecule has 0 N–H and O–H groups in total. The van der Waals surface area contributed by atoms with Crippen molar-refractivity contribution in [3.05, 3.63) is 17.5 Å². The Hall–Kier alpha value is -1.85. The van der Waals surface area contributed by atoms with Gasteiger partial charge in [-0.15, -0.1) is 0 Å². The second-order valence-corrected chi connectivity index (χ2v) is 5.04. The number of amides is 1. The van der Waals surface area contributed by atoms with E-state index < -0.39 is 17.7 Å². The highest BCUT2D eigenvalue weighted by Gasteiger charge is 2.28. The number of carbonyl (C=O) groups is 2. The summed E-state index contributed by atoms with van der Waals surface area (Å²) in [5.74, 6) is 0.316. The lowest BCUT2D eigenvalue weighted by molar-refractivity contribution is -0.112. The van der Waals surface area contributed by atoms with E-state index in [9.17, 15) is 9.59 Å². The maximum absolute atomic E-state index is 11.8. The van der Waals surface area contributed by atoms with Crippen LogP contribution in [0.25, 0.3) is 0 Å². The number of likely N-dealkylation sites (N-methyl/N-ethyl adjacent to an activating group) is 1. The smallest absolute Gasteiger partial charge is 0.411 e. The van der Waals surface area contributed by atoms with Crippen LogP contribution in [0.1, 0.15) is 38.3 Å². The molecule has 1 heterocycles. The zero-order valence-corrected chi connectivity index (χ0v) is 11.3. The van der Waals surface area contributed by atoms with Gasteiger partial charge >= 0.3 is 6.09 Å². The average Bonchev–Trinajstić information content (AvgIpc) is 2.63. The van der Waals surface area contributed by atoms with Crippen LogP contribution in [-0.2, 0) is 9.53 Å². The number of aryl methyl sites for hydroxylation is 1. The molecule has 1 atom stereocenters. The number of hydrogen-bond donors (Lipinski definition) is 0. The van der Waals surface area contributed by atoms with Gasteiger partial charge in [0.1, 0.15) is 5.60 Å². The molecule has 0 fully saturated rings. The van der Waals surface area contributed by atoms with E-state index >= 15 is 0 Å². The maximum Gasteiger partial charge on any atom is 0.411 e. The predicted molar refractivity (Wildman–Crippen MR) is 64.0 cm³/mol. The zero-order chi connectivity index (χ0) is 13.9. The summed E-state index contributed by atoms with van der Waals surface area (Å²) in [6.07, 6.45) is 0.0257. The first-order valence-electron chi connectivity index (χ1n) is 5.59. The molecule has 0 aliphatic heterocycles. The molecule has 6 heteroatoms. The van der Waals surface area contributed by atoms with Gasteiger partial charge in [-0.05, 0) is 27.7 Å². The fourth-order valence-electron chi connectivity index (χ4n) is 1.32. The third-order valence-corrected chi connectivity index (χ3v) is 2.17. The number of nitrogens with zero attached hydrogens (tertiary/aromatic N) is 2. The zero-order valence-electron chi connectivity index (χ0n) is 11.3. The number of carbonyl (C=O) groups excluding carboxylic acids is 2. The quantitative estimate of drug-likeness (QED) is 0.772. The van der Waals surface area contributed by atoms with E-state index in [4.69, 9.17) is 9.26 Å². The van der Waals surface area contributed by atoms with Gasteiger partial charge in [0.25, 0.3) is 0 Å². The summed E-state index contributed by atoms with van der Waals surface area (Å²) >= 11 is 0. The molecule has 1 amide bonds. The second kappa shape index (κ2) is 5.20. The molecule has 1 aromatic rings. The molecule has 0 aliphatic rings. The largest absolute Gasteiger partial charge is 0.444 e. The molecule has 1 aromatic heterocycles. The molecule has 0 bridgehead atoms. The number of hydrogen-bond acceptors (Lipinski definition) is 5. The number of aldehydes is 1. The van der Waals surface area contributed by atoms with Gasteiger partial charge in [-0.25, -0.2) is 4.79 Å². The van der Waals surface area contributed by atoms with Crippen LogP contribution in [-0.4, -0.2) is 35.1 Å². The molecule has 0 saturated carbocycles. The summed E-state index contributed by atoms with van der Waals surface area (Å²) in [6.45, 7) is 7.01. The lowest BCUT2D eigenvalue weighted by atomic mass is 10.2. The summed E-state index contributed by atoms with van der Waals surface area (Å²) in [5, 5.41) is 3.69. The Balaban J connectivity index is 2.83. The van der Waals surface area contributed by atoms with Crippen LogP contribution in [0.3, 0.4) is 0 Å². The average molecular weight is 254 g/mol. The normalized spacial score (nSPS) is 12.9. The van der Waals surface area contributed by atoms with Crippen LogP contribution in [0.15, 0.2) is 10.6 Å². The molecule has 18 heavy (non-hydrogen) atoms. The van der Waals surface area contributed by atoms with Crippen molar-refractivity contribution in [1.82, 2.24) is 10.1 Å². The molecule has 0 radical (unpaired) electrons. The van der Waals surface area contributed by atoms with E-state index in [0.29, 0.717) is 17.7 Å². The molecular formula is C12H18N2O4. The Bertz CT molecular complexity index is 434. The van der Waals surface area contributed by atoms with Crippen molar-refractivity contribution in [2.75, 3.05) is 7.05 Å². The lowest BCUT2D eigenvalue weighted by Crippen LogP contribution is -2.37.